The molecular weight excluding hydrogens is 420 g/mol. The number of nitrogens with one attached hydrogen (secondary N) is 2. The van der Waals surface area contributed by atoms with Gasteiger partial charge in [0.05, 0.1) is 0 Å². The highest BCUT2D eigenvalue weighted by molar-refractivity contribution is 6.10. The van der Waals surface area contributed by atoms with E-state index in [4.69, 9.17) is 0 Å². The molecule has 2 aromatic carbocycles. The van der Waals surface area contributed by atoms with Crippen molar-refractivity contribution in [3.05, 3.63) is 65.7 Å². The van der Waals surface area contributed by atoms with E-state index >= 15 is 0 Å². The minimum atomic E-state index is -0.384. The van der Waals surface area contributed by atoms with Gasteiger partial charge in [0.1, 0.15) is 0 Å². The Morgan fingerprint density at radius 1 is 0.559 bits per heavy atom. The standard InChI is InChI=1S/C30H44N2O2/c1-2-3-4-5-6-7-8-9-10-11-12-13-14-18-25-31-28-23-21-27(22-24-28)30(34)32-29(33)26-19-16-15-17-20-26/h15-17,19-24,31H,2-14,18,25H2,1H3,(H,32,33,34). The van der Waals surface area contributed by atoms with Crippen molar-refractivity contribution in [1.29, 1.82) is 0 Å². The molecule has 2 aromatic rings. The number of carbonyl (C=O) groups is 2. The number of rotatable bonds is 18. The highest BCUT2D eigenvalue weighted by Gasteiger charge is 2.11. The molecular formula is C30H44N2O2. The van der Waals surface area contributed by atoms with Gasteiger partial charge in [-0.15, -0.1) is 0 Å². The van der Waals surface area contributed by atoms with Crippen LogP contribution in [0.15, 0.2) is 54.6 Å². The minimum absolute atomic E-state index is 0.382. The lowest BCUT2D eigenvalue weighted by molar-refractivity contribution is 0.0849. The maximum absolute atomic E-state index is 12.3. The summed E-state index contributed by atoms with van der Waals surface area (Å²) < 4.78 is 0. The summed E-state index contributed by atoms with van der Waals surface area (Å²) in [6.45, 7) is 3.22. The van der Waals surface area contributed by atoms with E-state index in [9.17, 15) is 9.59 Å². The molecule has 2 amide bonds. The summed E-state index contributed by atoms with van der Waals surface area (Å²) in [7, 11) is 0. The van der Waals surface area contributed by atoms with Crippen LogP contribution < -0.4 is 10.6 Å². The van der Waals surface area contributed by atoms with Gasteiger partial charge in [-0.25, -0.2) is 0 Å². The van der Waals surface area contributed by atoms with E-state index < -0.39 is 0 Å². The van der Waals surface area contributed by atoms with E-state index in [2.05, 4.69) is 17.6 Å². The molecule has 0 atom stereocenters. The molecule has 186 valence electrons. The van der Waals surface area contributed by atoms with Crippen LogP contribution in [0.25, 0.3) is 0 Å². The first-order chi connectivity index (χ1) is 16.7. The van der Waals surface area contributed by atoms with Gasteiger partial charge in [-0.3, -0.25) is 14.9 Å². The number of hydrogen-bond donors (Lipinski definition) is 2. The third kappa shape index (κ3) is 12.0. The number of imide groups is 1. The number of benzene rings is 2. The van der Waals surface area contributed by atoms with Crippen molar-refractivity contribution in [2.75, 3.05) is 11.9 Å². The lowest BCUT2D eigenvalue weighted by Crippen LogP contribution is -2.30. The third-order valence-corrected chi connectivity index (χ3v) is 6.27. The summed E-state index contributed by atoms with van der Waals surface area (Å²) in [4.78, 5) is 24.4. The molecule has 0 aliphatic heterocycles. The van der Waals surface area contributed by atoms with Crippen LogP contribution in [0.4, 0.5) is 5.69 Å². The van der Waals surface area contributed by atoms with Crippen molar-refractivity contribution in [2.24, 2.45) is 0 Å². The Kier molecular flexibility index (Phi) is 14.5. The first-order valence-corrected chi connectivity index (χ1v) is 13.5. The lowest BCUT2D eigenvalue weighted by atomic mass is 10.0. The molecule has 0 bridgehead atoms. The number of hydrogen-bond acceptors (Lipinski definition) is 3. The Morgan fingerprint density at radius 3 is 1.50 bits per heavy atom. The van der Waals surface area contributed by atoms with Crippen LogP contribution >= 0.6 is 0 Å². The summed E-state index contributed by atoms with van der Waals surface area (Å²) >= 11 is 0. The fourth-order valence-corrected chi connectivity index (χ4v) is 4.13. The van der Waals surface area contributed by atoms with E-state index in [1.165, 1.54) is 83.5 Å². The van der Waals surface area contributed by atoms with Crippen molar-refractivity contribution < 1.29 is 9.59 Å². The van der Waals surface area contributed by atoms with Crippen LogP contribution in [0.2, 0.25) is 0 Å². The number of carbonyl (C=O) groups excluding carboxylic acids is 2. The van der Waals surface area contributed by atoms with Crippen molar-refractivity contribution in [1.82, 2.24) is 5.32 Å². The highest BCUT2D eigenvalue weighted by Crippen LogP contribution is 2.14. The molecule has 4 nitrogen and oxygen atoms in total. The fourth-order valence-electron chi connectivity index (χ4n) is 4.13. The van der Waals surface area contributed by atoms with Crippen LogP contribution in [0.5, 0.6) is 0 Å². The van der Waals surface area contributed by atoms with Gasteiger partial charge in [0.2, 0.25) is 0 Å². The monoisotopic (exact) mass is 464 g/mol. The normalized spacial score (nSPS) is 10.7. The molecule has 0 radical (unpaired) electrons. The summed E-state index contributed by atoms with van der Waals surface area (Å²) in [6.07, 6.45) is 19.1. The van der Waals surface area contributed by atoms with Gasteiger partial charge in [0, 0.05) is 23.4 Å². The van der Waals surface area contributed by atoms with Crippen LogP contribution in [-0.2, 0) is 0 Å². The van der Waals surface area contributed by atoms with E-state index in [1.54, 1.807) is 36.4 Å². The number of anilines is 1. The Hall–Kier alpha value is -2.62. The summed E-state index contributed by atoms with van der Waals surface area (Å²) in [5.74, 6) is -0.766. The average molecular weight is 465 g/mol. The molecule has 0 saturated heterocycles. The van der Waals surface area contributed by atoms with Crippen LogP contribution in [0, 0.1) is 0 Å². The molecule has 0 saturated carbocycles. The zero-order valence-electron chi connectivity index (χ0n) is 21.1. The van der Waals surface area contributed by atoms with Gasteiger partial charge in [0.15, 0.2) is 0 Å². The summed E-state index contributed by atoms with van der Waals surface area (Å²) in [6, 6.07) is 16.1. The maximum atomic E-state index is 12.3. The predicted octanol–water partition coefficient (Wildman–Crippen LogP) is 8.15. The second kappa shape index (κ2) is 17.8. The van der Waals surface area contributed by atoms with Crippen molar-refractivity contribution >= 4 is 17.5 Å². The third-order valence-electron chi connectivity index (χ3n) is 6.27. The quantitative estimate of drug-likeness (QED) is 0.173. The van der Waals surface area contributed by atoms with Crippen LogP contribution in [0.1, 0.15) is 118 Å². The zero-order chi connectivity index (χ0) is 24.3. The van der Waals surface area contributed by atoms with E-state index in [0.717, 1.165) is 18.7 Å². The molecule has 2 N–H and O–H groups in total. The molecule has 2 rings (SSSR count). The van der Waals surface area contributed by atoms with Gasteiger partial charge in [-0.05, 0) is 42.8 Å². The Morgan fingerprint density at radius 2 is 1.00 bits per heavy atom. The topological polar surface area (TPSA) is 58.2 Å². The molecule has 0 heterocycles. The molecule has 0 fully saturated rings. The summed E-state index contributed by atoms with van der Waals surface area (Å²) in [5.41, 5.74) is 1.95. The first-order valence-electron chi connectivity index (χ1n) is 13.5. The van der Waals surface area contributed by atoms with Gasteiger partial charge >= 0.3 is 0 Å². The molecule has 0 aliphatic carbocycles. The van der Waals surface area contributed by atoms with Crippen molar-refractivity contribution in [2.45, 2.75) is 96.8 Å². The first kappa shape index (κ1) is 27.6. The number of unbranched alkanes of at least 4 members (excludes halogenated alkanes) is 13. The maximum Gasteiger partial charge on any atom is 0.258 e. The largest absolute Gasteiger partial charge is 0.385 e. The van der Waals surface area contributed by atoms with Crippen molar-refractivity contribution in [3.63, 3.8) is 0 Å². The Bertz CT molecular complexity index is 802. The van der Waals surface area contributed by atoms with Crippen LogP contribution in [-0.4, -0.2) is 18.4 Å². The van der Waals surface area contributed by atoms with Gasteiger partial charge < -0.3 is 5.32 Å². The fraction of sp³-hybridized carbons (Fsp3) is 0.533. The highest BCUT2D eigenvalue weighted by atomic mass is 16.2. The van der Waals surface area contributed by atoms with Gasteiger partial charge in [-0.2, -0.15) is 0 Å². The van der Waals surface area contributed by atoms with E-state index in [0.29, 0.717) is 11.1 Å². The molecule has 34 heavy (non-hydrogen) atoms. The minimum Gasteiger partial charge on any atom is -0.385 e. The predicted molar refractivity (Wildman–Crippen MR) is 143 cm³/mol. The Balaban J connectivity index is 1.47. The molecule has 0 aliphatic rings. The second-order valence-corrected chi connectivity index (χ2v) is 9.25. The number of amides is 2. The summed E-state index contributed by atoms with van der Waals surface area (Å²) in [5, 5.41) is 5.86. The lowest BCUT2D eigenvalue weighted by Gasteiger charge is -2.08. The Labute approximate surface area is 206 Å². The van der Waals surface area contributed by atoms with E-state index in [-0.39, 0.29) is 11.8 Å². The molecule has 4 heteroatoms. The SMILES string of the molecule is CCCCCCCCCCCCCCCCNc1ccc(C(=O)NC(=O)c2ccccc2)cc1. The molecule has 0 aromatic heterocycles. The average Bonchev–Trinajstić information content (AvgIpc) is 2.87. The van der Waals surface area contributed by atoms with Crippen LogP contribution in [0.3, 0.4) is 0 Å². The van der Waals surface area contributed by atoms with Gasteiger partial charge in [0.25, 0.3) is 11.8 Å². The molecule has 0 spiro atoms. The smallest absolute Gasteiger partial charge is 0.258 e. The zero-order valence-corrected chi connectivity index (χ0v) is 21.1. The second-order valence-electron chi connectivity index (χ2n) is 9.25. The van der Waals surface area contributed by atoms with Gasteiger partial charge in [-0.1, -0.05) is 109 Å². The van der Waals surface area contributed by atoms with E-state index in [1.807, 2.05) is 18.2 Å². The van der Waals surface area contributed by atoms with Crippen molar-refractivity contribution in [3.8, 4) is 0 Å². The molecule has 0 unspecified atom stereocenters.